The molecular formula is C15H26N4S. The van der Waals surface area contributed by atoms with Gasteiger partial charge in [0.1, 0.15) is 17.5 Å². The Bertz CT molecular complexity index is 434. The second-order valence-electron chi connectivity index (χ2n) is 5.52. The van der Waals surface area contributed by atoms with Crippen LogP contribution in [-0.2, 0) is 0 Å². The lowest BCUT2D eigenvalue weighted by molar-refractivity contribution is 0.659. The van der Waals surface area contributed by atoms with Crippen LogP contribution in [-0.4, -0.2) is 41.6 Å². The van der Waals surface area contributed by atoms with Crippen molar-refractivity contribution in [1.82, 2.24) is 9.97 Å². The second-order valence-corrected chi connectivity index (χ2v) is 6.50. The van der Waals surface area contributed by atoms with Gasteiger partial charge >= 0.3 is 0 Å². The van der Waals surface area contributed by atoms with E-state index in [1.165, 1.54) is 25.0 Å². The minimum absolute atomic E-state index is 0.499. The summed E-state index contributed by atoms with van der Waals surface area (Å²) in [7, 11) is 2.14. The van der Waals surface area contributed by atoms with Crippen LogP contribution in [0.3, 0.4) is 0 Å². The lowest BCUT2D eigenvalue weighted by Crippen LogP contribution is -2.30. The van der Waals surface area contributed by atoms with Crippen LogP contribution in [0, 0.1) is 0 Å². The van der Waals surface area contributed by atoms with E-state index in [9.17, 15) is 0 Å². The Balaban J connectivity index is 2.15. The van der Waals surface area contributed by atoms with Crippen molar-refractivity contribution in [3.05, 3.63) is 11.9 Å². The van der Waals surface area contributed by atoms with Crippen LogP contribution in [0.15, 0.2) is 6.07 Å². The molecule has 1 fully saturated rings. The normalized spacial score (nSPS) is 16.0. The van der Waals surface area contributed by atoms with Gasteiger partial charge < -0.3 is 10.2 Å². The monoisotopic (exact) mass is 294 g/mol. The second kappa shape index (κ2) is 7.16. The zero-order chi connectivity index (χ0) is 14.5. The number of nitrogens with one attached hydrogen (secondary N) is 1. The Morgan fingerprint density at radius 2 is 2.20 bits per heavy atom. The van der Waals surface area contributed by atoms with Crippen molar-refractivity contribution in [3.8, 4) is 0 Å². The number of anilines is 2. The van der Waals surface area contributed by atoms with Gasteiger partial charge in [-0.05, 0) is 45.1 Å². The summed E-state index contributed by atoms with van der Waals surface area (Å²) in [5.41, 5.74) is 0. The predicted octanol–water partition coefficient (Wildman–Crippen LogP) is 3.36. The van der Waals surface area contributed by atoms with Gasteiger partial charge in [-0.2, -0.15) is 11.8 Å². The van der Waals surface area contributed by atoms with Crippen molar-refractivity contribution in [2.75, 3.05) is 35.8 Å². The molecule has 1 heterocycles. The Morgan fingerprint density at radius 1 is 1.45 bits per heavy atom. The fourth-order valence-electron chi connectivity index (χ4n) is 2.14. The van der Waals surface area contributed by atoms with Crippen molar-refractivity contribution in [3.63, 3.8) is 0 Å². The highest BCUT2D eigenvalue weighted by Crippen LogP contribution is 2.39. The molecule has 1 aromatic heterocycles. The fraction of sp³-hybridized carbons (Fsp3) is 0.733. The van der Waals surface area contributed by atoms with Crippen LogP contribution < -0.4 is 10.2 Å². The number of thioether (sulfide) groups is 1. The van der Waals surface area contributed by atoms with Gasteiger partial charge in [-0.1, -0.05) is 0 Å². The summed E-state index contributed by atoms with van der Waals surface area (Å²) in [4.78, 5) is 11.7. The van der Waals surface area contributed by atoms with E-state index in [1.54, 1.807) is 0 Å². The van der Waals surface area contributed by atoms with E-state index in [2.05, 4.69) is 48.4 Å². The van der Waals surface area contributed by atoms with Crippen molar-refractivity contribution in [2.45, 2.75) is 45.1 Å². The first kappa shape index (κ1) is 15.4. The number of hydrogen-bond donors (Lipinski definition) is 1. The van der Waals surface area contributed by atoms with Gasteiger partial charge in [0, 0.05) is 31.6 Å². The molecule has 112 valence electrons. The summed E-state index contributed by atoms with van der Waals surface area (Å²) in [6, 6.07) is 2.57. The van der Waals surface area contributed by atoms with E-state index >= 15 is 0 Å². The highest BCUT2D eigenvalue weighted by molar-refractivity contribution is 7.98. The van der Waals surface area contributed by atoms with Crippen LogP contribution in [0.2, 0.25) is 0 Å². The molecule has 0 aromatic carbocycles. The highest BCUT2D eigenvalue weighted by Gasteiger charge is 2.28. The summed E-state index contributed by atoms with van der Waals surface area (Å²) in [5, 5.41) is 3.33. The Morgan fingerprint density at radius 3 is 2.80 bits per heavy atom. The molecule has 0 saturated heterocycles. The summed E-state index contributed by atoms with van der Waals surface area (Å²) in [6.45, 7) is 5.26. The molecule has 4 nitrogen and oxygen atoms in total. The highest BCUT2D eigenvalue weighted by atomic mass is 32.2. The summed E-state index contributed by atoms with van der Waals surface area (Å²) < 4.78 is 0. The summed E-state index contributed by atoms with van der Waals surface area (Å²) >= 11 is 1.90. The Labute approximate surface area is 126 Å². The smallest absolute Gasteiger partial charge is 0.136 e. The molecule has 2 rings (SSSR count). The number of hydrogen-bond acceptors (Lipinski definition) is 5. The minimum atomic E-state index is 0.499. The third-order valence-electron chi connectivity index (χ3n) is 3.79. The minimum Gasteiger partial charge on any atom is -0.370 e. The van der Waals surface area contributed by atoms with Gasteiger partial charge in [0.15, 0.2) is 0 Å². The molecule has 1 aliphatic rings. The molecule has 0 radical (unpaired) electrons. The van der Waals surface area contributed by atoms with Gasteiger partial charge in [0.25, 0.3) is 0 Å². The van der Waals surface area contributed by atoms with Crippen molar-refractivity contribution in [2.24, 2.45) is 0 Å². The molecule has 0 amide bonds. The van der Waals surface area contributed by atoms with E-state index in [-0.39, 0.29) is 0 Å². The standard InChI is InChI=1S/C15H26N4S/c1-5-16-13-10-14(18-15(17-13)12-6-7-12)19(3)11(2)8-9-20-4/h10-12H,5-9H2,1-4H3,(H,16,17,18). The first-order chi connectivity index (χ1) is 9.65. The average molecular weight is 294 g/mol. The maximum atomic E-state index is 4.77. The van der Waals surface area contributed by atoms with E-state index in [0.717, 1.165) is 24.0 Å². The van der Waals surface area contributed by atoms with Crippen LogP contribution in [0.5, 0.6) is 0 Å². The van der Waals surface area contributed by atoms with Crippen molar-refractivity contribution >= 4 is 23.4 Å². The lowest BCUT2D eigenvalue weighted by atomic mass is 10.2. The molecule has 1 unspecified atom stereocenters. The van der Waals surface area contributed by atoms with Gasteiger partial charge in [-0.3, -0.25) is 0 Å². The average Bonchev–Trinajstić information content (AvgIpc) is 3.28. The first-order valence-corrected chi connectivity index (χ1v) is 8.89. The molecule has 1 aromatic rings. The predicted molar refractivity (Wildman–Crippen MR) is 89.0 cm³/mol. The zero-order valence-corrected chi connectivity index (χ0v) is 13.8. The summed E-state index contributed by atoms with van der Waals surface area (Å²) in [6.07, 6.45) is 5.81. The molecule has 1 saturated carbocycles. The third kappa shape index (κ3) is 4.01. The molecule has 0 bridgehead atoms. The quantitative estimate of drug-likeness (QED) is 0.796. The Hall–Kier alpha value is -0.970. The van der Waals surface area contributed by atoms with E-state index in [0.29, 0.717) is 12.0 Å². The molecular weight excluding hydrogens is 268 g/mol. The van der Waals surface area contributed by atoms with Gasteiger partial charge in [-0.15, -0.1) is 0 Å². The summed E-state index contributed by atoms with van der Waals surface area (Å²) in [5.74, 6) is 4.80. The number of nitrogens with zero attached hydrogens (tertiary/aromatic N) is 3. The van der Waals surface area contributed by atoms with Gasteiger partial charge in [-0.25, -0.2) is 9.97 Å². The molecule has 1 N–H and O–H groups in total. The molecule has 1 atom stereocenters. The van der Waals surface area contributed by atoms with Crippen LogP contribution >= 0.6 is 11.8 Å². The topological polar surface area (TPSA) is 41.0 Å². The van der Waals surface area contributed by atoms with Crippen LogP contribution in [0.1, 0.15) is 44.9 Å². The molecule has 0 aliphatic heterocycles. The zero-order valence-electron chi connectivity index (χ0n) is 13.0. The molecule has 1 aliphatic carbocycles. The van der Waals surface area contributed by atoms with Gasteiger partial charge in [0.05, 0.1) is 0 Å². The maximum absolute atomic E-state index is 4.77. The van der Waals surface area contributed by atoms with Crippen molar-refractivity contribution < 1.29 is 0 Å². The molecule has 20 heavy (non-hydrogen) atoms. The largest absolute Gasteiger partial charge is 0.370 e. The van der Waals surface area contributed by atoms with Crippen LogP contribution in [0.25, 0.3) is 0 Å². The lowest BCUT2D eigenvalue weighted by Gasteiger charge is -2.26. The van der Waals surface area contributed by atoms with E-state index < -0.39 is 0 Å². The van der Waals surface area contributed by atoms with Crippen molar-refractivity contribution in [1.29, 1.82) is 0 Å². The van der Waals surface area contributed by atoms with Crippen LogP contribution in [0.4, 0.5) is 11.6 Å². The van der Waals surface area contributed by atoms with E-state index in [1.807, 2.05) is 11.8 Å². The Kier molecular flexibility index (Phi) is 5.52. The number of aromatic nitrogens is 2. The van der Waals surface area contributed by atoms with Gasteiger partial charge in [0.2, 0.25) is 0 Å². The number of rotatable bonds is 8. The fourth-order valence-corrected chi connectivity index (χ4v) is 2.71. The third-order valence-corrected chi connectivity index (χ3v) is 4.44. The first-order valence-electron chi connectivity index (χ1n) is 7.50. The molecule has 5 heteroatoms. The molecule has 0 spiro atoms. The van der Waals surface area contributed by atoms with E-state index in [4.69, 9.17) is 4.98 Å². The maximum Gasteiger partial charge on any atom is 0.136 e. The SMILES string of the molecule is CCNc1cc(N(C)C(C)CCSC)nc(C2CC2)n1.